The van der Waals surface area contributed by atoms with Crippen molar-refractivity contribution in [3.63, 3.8) is 0 Å². The van der Waals surface area contributed by atoms with Crippen molar-refractivity contribution in [2.75, 3.05) is 18.9 Å². The third kappa shape index (κ3) is 3.61. The van der Waals surface area contributed by atoms with E-state index in [2.05, 4.69) is 9.82 Å². The lowest BCUT2D eigenvalue weighted by Gasteiger charge is -2.13. The standard InChI is InChI=1S/C19H21N3O4S/c1-13-19(14(2)22(20-13)15-8-6-5-7-9-15)27(23,24)21-17-11-10-16(25-3)12-18(17)26-4/h5-12,21H,1-4H3. The number of methoxy groups -OCH3 is 2. The minimum atomic E-state index is -3.87. The molecule has 0 aliphatic carbocycles. The highest BCUT2D eigenvalue weighted by atomic mass is 32.2. The van der Waals surface area contributed by atoms with E-state index in [0.717, 1.165) is 5.69 Å². The molecule has 0 radical (unpaired) electrons. The van der Waals surface area contributed by atoms with E-state index >= 15 is 0 Å². The molecule has 0 aliphatic rings. The average molecular weight is 387 g/mol. The minimum Gasteiger partial charge on any atom is -0.497 e. The number of sulfonamides is 1. The van der Waals surface area contributed by atoms with Crippen molar-refractivity contribution in [3.8, 4) is 17.2 Å². The SMILES string of the molecule is COc1ccc(NS(=O)(=O)c2c(C)nn(-c3ccccc3)c2C)c(OC)c1. The molecule has 0 amide bonds. The van der Waals surface area contributed by atoms with Crippen LogP contribution in [0, 0.1) is 13.8 Å². The van der Waals surface area contributed by atoms with Crippen LogP contribution in [-0.2, 0) is 10.0 Å². The number of hydrogen-bond donors (Lipinski definition) is 1. The van der Waals surface area contributed by atoms with Crippen LogP contribution < -0.4 is 14.2 Å². The molecule has 0 fully saturated rings. The summed E-state index contributed by atoms with van der Waals surface area (Å²) in [5.74, 6) is 0.933. The van der Waals surface area contributed by atoms with Gasteiger partial charge in [0.1, 0.15) is 16.4 Å². The van der Waals surface area contributed by atoms with E-state index in [1.54, 1.807) is 36.7 Å². The van der Waals surface area contributed by atoms with Crippen LogP contribution in [0.5, 0.6) is 11.5 Å². The second kappa shape index (κ2) is 7.32. The van der Waals surface area contributed by atoms with E-state index in [-0.39, 0.29) is 4.90 Å². The smallest absolute Gasteiger partial charge is 0.265 e. The molecule has 1 N–H and O–H groups in total. The van der Waals surface area contributed by atoms with Gasteiger partial charge in [0, 0.05) is 6.07 Å². The highest BCUT2D eigenvalue weighted by Gasteiger charge is 2.26. The number of rotatable bonds is 6. The van der Waals surface area contributed by atoms with Gasteiger partial charge in [-0.15, -0.1) is 0 Å². The molecule has 0 saturated heterocycles. The molecule has 0 unspecified atom stereocenters. The summed E-state index contributed by atoms with van der Waals surface area (Å²) in [5, 5.41) is 4.40. The lowest BCUT2D eigenvalue weighted by molar-refractivity contribution is 0.395. The fraction of sp³-hybridized carbons (Fsp3) is 0.211. The monoisotopic (exact) mass is 387 g/mol. The molecular weight excluding hydrogens is 366 g/mol. The highest BCUT2D eigenvalue weighted by molar-refractivity contribution is 7.92. The summed E-state index contributed by atoms with van der Waals surface area (Å²) in [6.07, 6.45) is 0. The summed E-state index contributed by atoms with van der Waals surface area (Å²) < 4.78 is 40.8. The molecule has 0 saturated carbocycles. The van der Waals surface area contributed by atoms with Crippen LogP contribution in [0.4, 0.5) is 5.69 Å². The maximum Gasteiger partial charge on any atom is 0.265 e. The van der Waals surface area contributed by atoms with E-state index in [1.165, 1.54) is 14.2 Å². The van der Waals surface area contributed by atoms with Gasteiger partial charge in [-0.05, 0) is 38.1 Å². The Labute approximate surface area is 158 Å². The van der Waals surface area contributed by atoms with Crippen molar-refractivity contribution in [2.24, 2.45) is 0 Å². The molecule has 1 aromatic heterocycles. The van der Waals surface area contributed by atoms with E-state index < -0.39 is 10.0 Å². The molecule has 1 heterocycles. The molecule has 142 valence electrons. The molecule has 0 atom stereocenters. The zero-order chi connectivity index (χ0) is 19.6. The van der Waals surface area contributed by atoms with E-state index in [9.17, 15) is 8.42 Å². The Hall–Kier alpha value is -3.00. The molecule has 0 bridgehead atoms. The highest BCUT2D eigenvalue weighted by Crippen LogP contribution is 2.32. The molecule has 3 rings (SSSR count). The molecule has 2 aromatic carbocycles. The number of nitrogens with one attached hydrogen (secondary N) is 1. The maximum atomic E-state index is 13.1. The van der Waals surface area contributed by atoms with Gasteiger partial charge in [0.15, 0.2) is 0 Å². The molecule has 27 heavy (non-hydrogen) atoms. The Morgan fingerprint density at radius 1 is 1.00 bits per heavy atom. The van der Waals surface area contributed by atoms with Gasteiger partial charge >= 0.3 is 0 Å². The van der Waals surface area contributed by atoms with Gasteiger partial charge in [-0.1, -0.05) is 18.2 Å². The topological polar surface area (TPSA) is 82.5 Å². The number of hydrogen-bond acceptors (Lipinski definition) is 5. The molecule has 0 spiro atoms. The van der Waals surface area contributed by atoms with Crippen LogP contribution in [0.25, 0.3) is 5.69 Å². The fourth-order valence-corrected chi connectivity index (χ4v) is 4.38. The van der Waals surface area contributed by atoms with Gasteiger partial charge in [-0.25, -0.2) is 13.1 Å². The van der Waals surface area contributed by atoms with E-state index in [4.69, 9.17) is 9.47 Å². The first-order valence-electron chi connectivity index (χ1n) is 8.24. The van der Waals surface area contributed by atoms with Crippen LogP contribution in [0.15, 0.2) is 53.4 Å². The molecular formula is C19H21N3O4S. The summed E-state index contributed by atoms with van der Waals surface area (Å²) >= 11 is 0. The van der Waals surface area contributed by atoms with E-state index in [0.29, 0.717) is 28.6 Å². The summed E-state index contributed by atoms with van der Waals surface area (Å²) in [4.78, 5) is 0.143. The Bertz CT molecular complexity index is 1060. The minimum absolute atomic E-state index is 0.143. The van der Waals surface area contributed by atoms with Gasteiger partial charge in [0.25, 0.3) is 10.0 Å². The Morgan fingerprint density at radius 3 is 2.33 bits per heavy atom. The molecule has 3 aromatic rings. The van der Waals surface area contributed by atoms with Crippen LogP contribution in [0.3, 0.4) is 0 Å². The summed E-state index contributed by atoms with van der Waals surface area (Å²) in [6.45, 7) is 3.40. The zero-order valence-electron chi connectivity index (χ0n) is 15.6. The van der Waals surface area contributed by atoms with Crippen molar-refractivity contribution in [1.82, 2.24) is 9.78 Å². The number of aromatic nitrogens is 2. The largest absolute Gasteiger partial charge is 0.497 e. The third-order valence-electron chi connectivity index (χ3n) is 4.15. The van der Waals surface area contributed by atoms with Gasteiger partial charge < -0.3 is 9.47 Å². The van der Waals surface area contributed by atoms with Crippen LogP contribution in [0.2, 0.25) is 0 Å². The Morgan fingerprint density at radius 2 is 1.70 bits per heavy atom. The quantitative estimate of drug-likeness (QED) is 0.702. The summed E-state index contributed by atoms with van der Waals surface area (Å²) in [7, 11) is -0.868. The van der Waals surface area contributed by atoms with Gasteiger partial charge in [-0.2, -0.15) is 5.10 Å². The number of aryl methyl sites for hydroxylation is 1. The van der Waals surface area contributed by atoms with Crippen molar-refractivity contribution in [2.45, 2.75) is 18.7 Å². The number of benzene rings is 2. The number of nitrogens with zero attached hydrogens (tertiary/aromatic N) is 2. The third-order valence-corrected chi connectivity index (χ3v) is 5.76. The summed E-state index contributed by atoms with van der Waals surface area (Å²) in [5.41, 5.74) is 2.06. The average Bonchev–Trinajstić information content (AvgIpc) is 2.97. The van der Waals surface area contributed by atoms with Crippen molar-refractivity contribution in [1.29, 1.82) is 0 Å². The van der Waals surface area contributed by atoms with Gasteiger partial charge in [0.05, 0.1) is 37.0 Å². The van der Waals surface area contributed by atoms with E-state index in [1.807, 2.05) is 30.3 Å². The second-order valence-electron chi connectivity index (χ2n) is 5.92. The van der Waals surface area contributed by atoms with Gasteiger partial charge in [-0.3, -0.25) is 4.72 Å². The van der Waals surface area contributed by atoms with Crippen molar-refractivity contribution in [3.05, 3.63) is 59.9 Å². The van der Waals surface area contributed by atoms with Crippen LogP contribution in [0.1, 0.15) is 11.4 Å². The van der Waals surface area contributed by atoms with Crippen LogP contribution in [-0.4, -0.2) is 32.4 Å². The normalized spacial score (nSPS) is 11.3. The number of anilines is 1. The second-order valence-corrected chi connectivity index (χ2v) is 7.54. The lowest BCUT2D eigenvalue weighted by atomic mass is 10.3. The fourth-order valence-electron chi connectivity index (χ4n) is 2.92. The summed E-state index contributed by atoms with van der Waals surface area (Å²) in [6, 6.07) is 14.3. The first-order chi connectivity index (χ1) is 12.9. The predicted molar refractivity (Wildman–Crippen MR) is 103 cm³/mol. The lowest BCUT2D eigenvalue weighted by Crippen LogP contribution is -2.15. The molecule has 8 heteroatoms. The number of para-hydroxylation sites is 1. The van der Waals surface area contributed by atoms with Gasteiger partial charge in [0.2, 0.25) is 0 Å². The number of ether oxygens (including phenoxy) is 2. The Balaban J connectivity index is 2.03. The molecule has 0 aliphatic heterocycles. The molecule has 7 nitrogen and oxygen atoms in total. The first-order valence-corrected chi connectivity index (χ1v) is 9.72. The Kier molecular flexibility index (Phi) is 5.09. The zero-order valence-corrected chi connectivity index (χ0v) is 16.4. The van der Waals surface area contributed by atoms with Crippen LogP contribution >= 0.6 is 0 Å². The van der Waals surface area contributed by atoms with Crippen molar-refractivity contribution < 1.29 is 17.9 Å². The maximum absolute atomic E-state index is 13.1. The van der Waals surface area contributed by atoms with Crippen molar-refractivity contribution >= 4 is 15.7 Å². The first kappa shape index (κ1) is 18.8. The predicted octanol–water partition coefficient (Wildman–Crippen LogP) is 3.31.